The van der Waals surface area contributed by atoms with E-state index in [-0.39, 0.29) is 10.8 Å². The van der Waals surface area contributed by atoms with Crippen molar-refractivity contribution in [1.29, 1.82) is 0 Å². The average molecular weight is 328 g/mol. The molecule has 4 rings (SSSR count). The quantitative estimate of drug-likeness (QED) is 0.799. The third-order valence-electron chi connectivity index (χ3n) is 4.25. The molecule has 2 aromatic heterocycles. The van der Waals surface area contributed by atoms with E-state index in [9.17, 15) is 13.5 Å². The van der Waals surface area contributed by atoms with Crippen LogP contribution in [-0.4, -0.2) is 22.5 Å². The molecule has 0 spiro atoms. The average Bonchev–Trinajstić information content (AvgIpc) is 3.35. The van der Waals surface area contributed by atoms with Gasteiger partial charge in [0.2, 0.25) is 0 Å². The van der Waals surface area contributed by atoms with Crippen molar-refractivity contribution in [2.45, 2.75) is 23.8 Å². The first-order valence-corrected chi connectivity index (χ1v) is 8.98. The second-order valence-corrected chi connectivity index (χ2v) is 7.67. The monoisotopic (exact) mass is 328 g/mol. The molecule has 3 aromatic rings. The zero-order valence-electron chi connectivity index (χ0n) is 12.3. The lowest BCUT2D eigenvalue weighted by atomic mass is 10.1. The molecule has 0 aliphatic heterocycles. The van der Waals surface area contributed by atoms with Gasteiger partial charge in [0.1, 0.15) is 0 Å². The van der Waals surface area contributed by atoms with Crippen LogP contribution < -0.4 is 0 Å². The Morgan fingerprint density at radius 2 is 1.87 bits per heavy atom. The van der Waals surface area contributed by atoms with E-state index >= 15 is 0 Å². The van der Waals surface area contributed by atoms with Crippen molar-refractivity contribution in [3.8, 4) is 0 Å². The third-order valence-corrected chi connectivity index (χ3v) is 5.91. The molecule has 1 N–H and O–H groups in total. The predicted molar refractivity (Wildman–Crippen MR) is 86.4 cm³/mol. The summed E-state index contributed by atoms with van der Waals surface area (Å²) in [4.78, 5) is 4.43. The number of hydrogen-bond acceptors (Lipinski definition) is 4. The maximum Gasteiger partial charge on any atom is 0.269 e. The molecular formula is C17H16N2O3S. The number of rotatable bonds is 4. The van der Waals surface area contributed by atoms with E-state index in [0.29, 0.717) is 16.6 Å². The molecule has 2 heterocycles. The molecule has 0 amide bonds. The normalized spacial score (nSPS) is 16.6. The number of pyridine rings is 1. The van der Waals surface area contributed by atoms with Crippen molar-refractivity contribution in [3.63, 3.8) is 0 Å². The minimum Gasteiger partial charge on any atom is -0.388 e. The van der Waals surface area contributed by atoms with E-state index in [0.717, 1.165) is 12.8 Å². The molecule has 1 unspecified atom stereocenters. The summed E-state index contributed by atoms with van der Waals surface area (Å²) in [7, 11) is -3.74. The molecule has 1 fully saturated rings. The predicted octanol–water partition coefficient (Wildman–Crippen LogP) is 2.72. The van der Waals surface area contributed by atoms with Crippen LogP contribution in [-0.2, 0) is 10.0 Å². The minimum absolute atomic E-state index is 0.204. The first kappa shape index (κ1) is 14.4. The van der Waals surface area contributed by atoms with Gasteiger partial charge in [-0.1, -0.05) is 18.2 Å². The highest BCUT2D eigenvalue weighted by Crippen LogP contribution is 2.43. The van der Waals surface area contributed by atoms with Crippen molar-refractivity contribution >= 4 is 21.1 Å². The summed E-state index contributed by atoms with van der Waals surface area (Å²) in [6.07, 6.45) is 4.38. The summed E-state index contributed by atoms with van der Waals surface area (Å²) >= 11 is 0. The van der Waals surface area contributed by atoms with Gasteiger partial charge in [0.05, 0.1) is 11.0 Å². The fourth-order valence-electron chi connectivity index (χ4n) is 2.85. The highest BCUT2D eigenvalue weighted by molar-refractivity contribution is 7.90. The Balaban J connectivity index is 1.94. The molecule has 0 bridgehead atoms. The third kappa shape index (κ3) is 2.34. The van der Waals surface area contributed by atoms with Gasteiger partial charge in [0, 0.05) is 23.3 Å². The van der Waals surface area contributed by atoms with E-state index in [1.54, 1.807) is 48.7 Å². The van der Waals surface area contributed by atoms with Crippen molar-refractivity contribution in [2.75, 3.05) is 0 Å². The number of aliphatic hydroxyl groups excluding tert-OH is 1. The minimum atomic E-state index is -3.74. The molecule has 0 saturated heterocycles. The SMILES string of the molecule is O=S(=O)(c1ccccc1)n1cc(C(O)C2CC2)c2cccnc21. The Morgan fingerprint density at radius 3 is 2.57 bits per heavy atom. The maximum atomic E-state index is 12.9. The van der Waals surface area contributed by atoms with Gasteiger partial charge in [-0.15, -0.1) is 0 Å². The Kier molecular flexibility index (Phi) is 3.25. The summed E-state index contributed by atoms with van der Waals surface area (Å²) in [5.41, 5.74) is 0.987. The maximum absolute atomic E-state index is 12.9. The lowest BCUT2D eigenvalue weighted by molar-refractivity contribution is 0.155. The summed E-state index contributed by atoms with van der Waals surface area (Å²) in [6.45, 7) is 0. The summed E-state index contributed by atoms with van der Waals surface area (Å²) in [5, 5.41) is 11.2. The number of hydrogen-bond donors (Lipinski definition) is 1. The van der Waals surface area contributed by atoms with Crippen LogP contribution in [0.2, 0.25) is 0 Å². The Labute approximate surface area is 134 Å². The molecule has 1 saturated carbocycles. The fraction of sp³-hybridized carbons (Fsp3) is 0.235. The highest BCUT2D eigenvalue weighted by Gasteiger charge is 2.34. The highest BCUT2D eigenvalue weighted by atomic mass is 32.2. The molecule has 1 aliphatic rings. The summed E-state index contributed by atoms with van der Waals surface area (Å²) in [5.74, 6) is 0.216. The van der Waals surface area contributed by atoms with Crippen LogP contribution in [0.4, 0.5) is 0 Å². The van der Waals surface area contributed by atoms with Gasteiger partial charge in [-0.05, 0) is 43.0 Å². The molecule has 118 valence electrons. The lowest BCUT2D eigenvalue weighted by Gasteiger charge is -2.07. The van der Waals surface area contributed by atoms with Gasteiger partial charge in [0.25, 0.3) is 10.0 Å². The number of nitrogens with zero attached hydrogens (tertiary/aromatic N) is 2. The Morgan fingerprint density at radius 1 is 1.13 bits per heavy atom. The van der Waals surface area contributed by atoms with E-state index in [2.05, 4.69) is 4.98 Å². The number of benzene rings is 1. The van der Waals surface area contributed by atoms with Crippen molar-refractivity contribution in [3.05, 3.63) is 60.4 Å². The van der Waals surface area contributed by atoms with Crippen LogP contribution in [0.15, 0.2) is 59.8 Å². The van der Waals surface area contributed by atoms with E-state index in [1.165, 1.54) is 10.2 Å². The first-order valence-electron chi connectivity index (χ1n) is 7.54. The van der Waals surface area contributed by atoms with Gasteiger partial charge < -0.3 is 5.11 Å². The lowest BCUT2D eigenvalue weighted by Crippen LogP contribution is -2.12. The smallest absolute Gasteiger partial charge is 0.269 e. The van der Waals surface area contributed by atoms with Crippen LogP contribution in [0, 0.1) is 5.92 Å². The molecule has 1 aromatic carbocycles. The fourth-order valence-corrected chi connectivity index (χ4v) is 4.20. The molecule has 6 heteroatoms. The van der Waals surface area contributed by atoms with Crippen molar-refractivity contribution in [1.82, 2.24) is 8.96 Å². The van der Waals surface area contributed by atoms with Crippen molar-refractivity contribution in [2.24, 2.45) is 5.92 Å². The zero-order valence-corrected chi connectivity index (χ0v) is 13.1. The van der Waals surface area contributed by atoms with E-state index in [1.807, 2.05) is 0 Å². The zero-order chi connectivity index (χ0) is 16.0. The number of aromatic nitrogens is 2. The van der Waals surface area contributed by atoms with Gasteiger partial charge in [-0.25, -0.2) is 17.4 Å². The van der Waals surface area contributed by atoms with Crippen LogP contribution in [0.25, 0.3) is 11.0 Å². The van der Waals surface area contributed by atoms with Gasteiger partial charge in [-0.2, -0.15) is 0 Å². The molecule has 23 heavy (non-hydrogen) atoms. The van der Waals surface area contributed by atoms with Crippen LogP contribution in [0.1, 0.15) is 24.5 Å². The largest absolute Gasteiger partial charge is 0.388 e. The first-order chi connectivity index (χ1) is 11.1. The Bertz CT molecular complexity index is 960. The van der Waals surface area contributed by atoms with Gasteiger partial charge in [-0.3, -0.25) is 0 Å². The molecule has 1 aliphatic carbocycles. The van der Waals surface area contributed by atoms with Crippen LogP contribution >= 0.6 is 0 Å². The second-order valence-electron chi connectivity index (χ2n) is 5.86. The topological polar surface area (TPSA) is 72.2 Å². The molecular weight excluding hydrogens is 312 g/mol. The van der Waals surface area contributed by atoms with Crippen LogP contribution in [0.3, 0.4) is 0 Å². The van der Waals surface area contributed by atoms with E-state index in [4.69, 9.17) is 0 Å². The number of aliphatic hydroxyl groups is 1. The standard InChI is InChI=1S/C17H16N2O3S/c20-16(12-8-9-12)15-11-19(17-14(15)7-4-10-18-17)23(21,22)13-5-2-1-3-6-13/h1-7,10-12,16,20H,8-9H2. The number of fused-ring (bicyclic) bond motifs is 1. The molecule has 0 radical (unpaired) electrons. The summed E-state index contributed by atoms with van der Waals surface area (Å²) in [6, 6.07) is 11.8. The molecule has 1 atom stereocenters. The second kappa shape index (κ2) is 5.18. The molecule has 5 nitrogen and oxygen atoms in total. The van der Waals surface area contributed by atoms with E-state index < -0.39 is 16.1 Å². The Hall–Kier alpha value is -2.18. The van der Waals surface area contributed by atoms with Crippen LogP contribution in [0.5, 0.6) is 0 Å². The van der Waals surface area contributed by atoms with Gasteiger partial charge >= 0.3 is 0 Å². The summed E-state index contributed by atoms with van der Waals surface area (Å²) < 4.78 is 27.0. The van der Waals surface area contributed by atoms with Crippen molar-refractivity contribution < 1.29 is 13.5 Å². The van der Waals surface area contributed by atoms with Gasteiger partial charge in [0.15, 0.2) is 5.65 Å².